The van der Waals surface area contributed by atoms with Crippen molar-refractivity contribution in [2.24, 2.45) is 0 Å². The van der Waals surface area contributed by atoms with Crippen LogP contribution in [0.4, 0.5) is 0 Å². The molecule has 0 unspecified atom stereocenters. The van der Waals surface area contributed by atoms with Crippen LogP contribution < -0.4 is 10.6 Å². The van der Waals surface area contributed by atoms with Crippen molar-refractivity contribution in [2.45, 2.75) is 38.7 Å². The van der Waals surface area contributed by atoms with Crippen LogP contribution in [0.25, 0.3) is 0 Å². The molecule has 0 bridgehead atoms. The van der Waals surface area contributed by atoms with E-state index in [1.807, 2.05) is 90.8 Å². The summed E-state index contributed by atoms with van der Waals surface area (Å²) in [7, 11) is -2.93. The third-order valence-corrected chi connectivity index (χ3v) is 8.11. The summed E-state index contributed by atoms with van der Waals surface area (Å²) in [6.07, 6.45) is 10.8. The Balaban J connectivity index is 1.84. The molecule has 0 spiro atoms. The maximum atomic E-state index is 14.3. The third kappa shape index (κ3) is 6.92. The first-order chi connectivity index (χ1) is 15.7. The van der Waals surface area contributed by atoms with Crippen LogP contribution in [0.1, 0.15) is 44.3 Å². The van der Waals surface area contributed by atoms with Gasteiger partial charge in [0.2, 0.25) is 0 Å². The molecule has 0 aliphatic rings. The van der Waals surface area contributed by atoms with Crippen LogP contribution in [-0.2, 0) is 9.30 Å². The summed E-state index contributed by atoms with van der Waals surface area (Å²) in [5.41, 5.74) is 1.05. The highest BCUT2D eigenvalue weighted by Gasteiger charge is 2.24. The van der Waals surface area contributed by atoms with Crippen LogP contribution in [0.2, 0.25) is 0 Å². The maximum absolute atomic E-state index is 14.3. The first kappa shape index (κ1) is 24.0. The lowest BCUT2D eigenvalue weighted by molar-refractivity contribution is 0.110. The summed E-state index contributed by atoms with van der Waals surface area (Å²) >= 11 is 0. The minimum Gasteiger partial charge on any atom is -0.365 e. The van der Waals surface area contributed by atoms with Crippen LogP contribution in [0.15, 0.2) is 115 Å². The molecule has 1 atom stereocenters. The lowest BCUT2D eigenvalue weighted by Gasteiger charge is -2.18. The molecular formula is C29H33O2P. The molecule has 2 nitrogen and oxygen atoms in total. The topological polar surface area (TPSA) is 26.3 Å². The second-order valence-electron chi connectivity index (χ2n) is 7.80. The molecule has 3 rings (SSSR count). The van der Waals surface area contributed by atoms with E-state index in [4.69, 9.17) is 4.74 Å². The number of hydrogen-bond donors (Lipinski definition) is 0. The van der Waals surface area contributed by atoms with Gasteiger partial charge < -0.3 is 9.30 Å². The molecule has 0 N–H and O–H groups in total. The zero-order valence-corrected chi connectivity index (χ0v) is 19.7. The highest BCUT2D eigenvalue weighted by atomic mass is 31.2. The fourth-order valence-corrected chi connectivity index (χ4v) is 5.85. The molecule has 32 heavy (non-hydrogen) atoms. The van der Waals surface area contributed by atoms with Crippen molar-refractivity contribution in [3.63, 3.8) is 0 Å². The normalized spacial score (nSPS) is 13.0. The van der Waals surface area contributed by atoms with Gasteiger partial charge in [-0.05, 0) is 30.3 Å². The molecule has 0 aliphatic heterocycles. The first-order valence-corrected chi connectivity index (χ1v) is 13.2. The Bertz CT molecular complexity index is 967. The smallest absolute Gasteiger partial charge is 0.163 e. The fraction of sp³-hybridized carbons (Fsp3) is 0.241. The van der Waals surface area contributed by atoms with Crippen LogP contribution >= 0.6 is 7.14 Å². The zero-order valence-electron chi connectivity index (χ0n) is 18.8. The molecule has 3 aromatic carbocycles. The van der Waals surface area contributed by atoms with Crippen molar-refractivity contribution >= 4 is 17.8 Å². The van der Waals surface area contributed by atoms with Crippen LogP contribution in [0, 0.1) is 0 Å². The lowest BCUT2D eigenvalue weighted by Crippen LogP contribution is -2.14. The van der Waals surface area contributed by atoms with E-state index in [1.54, 1.807) is 0 Å². The van der Waals surface area contributed by atoms with Crippen molar-refractivity contribution < 1.29 is 9.30 Å². The minimum atomic E-state index is -2.93. The maximum Gasteiger partial charge on any atom is 0.163 e. The van der Waals surface area contributed by atoms with Gasteiger partial charge >= 0.3 is 0 Å². The lowest BCUT2D eigenvalue weighted by atomic mass is 10.1. The summed E-state index contributed by atoms with van der Waals surface area (Å²) in [4.78, 5) is 0. The van der Waals surface area contributed by atoms with Crippen molar-refractivity contribution in [3.8, 4) is 0 Å². The Morgan fingerprint density at radius 1 is 0.781 bits per heavy atom. The highest BCUT2D eigenvalue weighted by molar-refractivity contribution is 7.81. The van der Waals surface area contributed by atoms with Gasteiger partial charge in [-0.2, -0.15) is 0 Å². The predicted molar refractivity (Wildman–Crippen MR) is 137 cm³/mol. The molecule has 0 heterocycles. The Hall–Kier alpha value is -2.67. The molecule has 0 aliphatic carbocycles. The number of rotatable bonds is 12. The quantitative estimate of drug-likeness (QED) is 0.165. The van der Waals surface area contributed by atoms with E-state index >= 15 is 0 Å². The Morgan fingerprint density at radius 2 is 1.34 bits per heavy atom. The van der Waals surface area contributed by atoms with E-state index in [0.717, 1.165) is 22.6 Å². The second-order valence-corrected chi connectivity index (χ2v) is 10.4. The van der Waals surface area contributed by atoms with E-state index in [0.29, 0.717) is 6.61 Å². The number of unbranched alkanes of at least 4 members (excludes halogenated alkanes) is 3. The van der Waals surface area contributed by atoms with Crippen LogP contribution in [0.5, 0.6) is 0 Å². The van der Waals surface area contributed by atoms with Gasteiger partial charge in [0.1, 0.15) is 6.10 Å². The van der Waals surface area contributed by atoms with Gasteiger partial charge in [-0.25, -0.2) is 0 Å². The summed E-state index contributed by atoms with van der Waals surface area (Å²) in [5.74, 6) is 1.86. The SMILES string of the molecule is CCCCC/C=C/CO[C@@H](/C=C/P(=O)(c1ccccc1)c1ccccc1)c1ccccc1. The van der Waals surface area contributed by atoms with Crippen molar-refractivity contribution in [1.82, 2.24) is 0 Å². The summed E-state index contributed by atoms with van der Waals surface area (Å²) < 4.78 is 20.5. The van der Waals surface area contributed by atoms with E-state index < -0.39 is 7.14 Å². The van der Waals surface area contributed by atoms with Crippen LogP contribution in [0.3, 0.4) is 0 Å². The minimum absolute atomic E-state index is 0.266. The first-order valence-electron chi connectivity index (χ1n) is 11.5. The van der Waals surface area contributed by atoms with Crippen LogP contribution in [-0.4, -0.2) is 6.61 Å². The van der Waals surface area contributed by atoms with E-state index in [2.05, 4.69) is 31.2 Å². The average Bonchev–Trinajstić information content (AvgIpc) is 2.86. The fourth-order valence-electron chi connectivity index (χ4n) is 3.58. The number of hydrogen-bond acceptors (Lipinski definition) is 2. The third-order valence-electron chi connectivity index (χ3n) is 5.39. The van der Waals surface area contributed by atoms with Gasteiger partial charge in [0.05, 0.1) is 6.61 Å². The number of benzene rings is 3. The zero-order chi connectivity index (χ0) is 22.5. The number of ether oxygens (including phenoxy) is 1. The van der Waals surface area contributed by atoms with Gasteiger partial charge in [0.15, 0.2) is 7.14 Å². The molecule has 0 saturated heterocycles. The Labute approximate surface area is 193 Å². The van der Waals surface area contributed by atoms with E-state index in [9.17, 15) is 4.57 Å². The molecule has 3 aromatic rings. The largest absolute Gasteiger partial charge is 0.365 e. The summed E-state index contributed by atoms with van der Waals surface area (Å²) in [5, 5.41) is 1.65. The van der Waals surface area contributed by atoms with Crippen molar-refractivity contribution in [1.29, 1.82) is 0 Å². The monoisotopic (exact) mass is 444 g/mol. The van der Waals surface area contributed by atoms with Gasteiger partial charge in [-0.15, -0.1) is 0 Å². The molecule has 3 heteroatoms. The molecular weight excluding hydrogens is 411 g/mol. The van der Waals surface area contributed by atoms with Gasteiger partial charge in [0, 0.05) is 10.6 Å². The average molecular weight is 445 g/mol. The van der Waals surface area contributed by atoms with Gasteiger partial charge in [0.25, 0.3) is 0 Å². The Kier molecular flexibility index (Phi) is 9.75. The van der Waals surface area contributed by atoms with E-state index in [-0.39, 0.29) is 6.10 Å². The van der Waals surface area contributed by atoms with Gasteiger partial charge in [-0.3, -0.25) is 0 Å². The summed E-state index contributed by atoms with van der Waals surface area (Å²) in [6.45, 7) is 2.74. The predicted octanol–water partition coefficient (Wildman–Crippen LogP) is 7.41. The van der Waals surface area contributed by atoms with E-state index in [1.165, 1.54) is 19.3 Å². The van der Waals surface area contributed by atoms with Gasteiger partial charge in [-0.1, -0.05) is 123 Å². The van der Waals surface area contributed by atoms with Crippen molar-refractivity contribution in [2.75, 3.05) is 6.61 Å². The molecule has 166 valence electrons. The molecule has 0 fully saturated rings. The summed E-state index contributed by atoms with van der Waals surface area (Å²) in [6, 6.07) is 29.5. The molecule has 0 aromatic heterocycles. The molecule has 0 radical (unpaired) electrons. The number of allylic oxidation sites excluding steroid dienone is 1. The molecule has 0 amide bonds. The highest BCUT2D eigenvalue weighted by Crippen LogP contribution is 2.45. The van der Waals surface area contributed by atoms with Crippen molar-refractivity contribution in [3.05, 3.63) is 121 Å². The molecule has 0 saturated carbocycles. The standard InChI is InChI=1S/C29H33O2P/c1-2-3-4-5-6-16-24-31-29(26-17-10-7-11-18-26)23-25-32(30,27-19-12-8-13-20-27)28-21-14-9-15-22-28/h6-23,25,29H,2-5,24H2,1H3/b16-6+,25-23+/t29-/m0/s1. The second kappa shape index (κ2) is 13.0. The Morgan fingerprint density at radius 3 is 1.91 bits per heavy atom.